The average Bonchev–Trinajstić information content (AvgIpc) is 2.92. The van der Waals surface area contributed by atoms with E-state index < -0.39 is 10.0 Å². The molecule has 20 heavy (non-hydrogen) atoms. The monoisotopic (exact) mass is 308 g/mol. The largest absolute Gasteiger partial charge is 0.395 e. The van der Waals surface area contributed by atoms with Crippen LogP contribution in [0.5, 0.6) is 0 Å². The number of nitrogens with one attached hydrogen (secondary N) is 1. The van der Waals surface area contributed by atoms with E-state index in [1.807, 2.05) is 0 Å². The Kier molecular flexibility index (Phi) is 4.74. The number of benzene rings is 1. The van der Waals surface area contributed by atoms with Gasteiger partial charge in [0.05, 0.1) is 11.5 Å². The number of hydrogen-bond acceptors (Lipinski definition) is 5. The third-order valence-corrected chi connectivity index (χ3v) is 4.42. The fourth-order valence-corrected chi connectivity index (χ4v) is 3.24. The molecular weight excluding hydrogens is 296 g/mol. The zero-order valence-corrected chi connectivity index (χ0v) is 12.0. The van der Waals surface area contributed by atoms with E-state index in [0.29, 0.717) is 17.1 Å². The molecule has 0 bridgehead atoms. The molecule has 2 rings (SSSR count). The first-order valence-corrected chi connectivity index (χ1v) is 8.10. The van der Waals surface area contributed by atoms with Gasteiger partial charge >= 0.3 is 0 Å². The molecule has 0 spiro atoms. The highest BCUT2D eigenvalue weighted by atomic mass is 32.2. The Morgan fingerprint density at radius 1 is 1.40 bits per heavy atom. The van der Waals surface area contributed by atoms with E-state index in [-0.39, 0.29) is 11.5 Å². The second-order valence-electron chi connectivity index (χ2n) is 3.75. The van der Waals surface area contributed by atoms with Crippen LogP contribution < -0.4 is 4.72 Å². The first kappa shape index (κ1) is 14.5. The number of thiazole rings is 1. The molecular formula is C13H12N2O3S2. The summed E-state index contributed by atoms with van der Waals surface area (Å²) in [6.45, 7) is -0.0173. The van der Waals surface area contributed by atoms with E-state index >= 15 is 0 Å². The summed E-state index contributed by atoms with van der Waals surface area (Å²) in [6, 6.07) is 6.32. The van der Waals surface area contributed by atoms with Gasteiger partial charge in [0.25, 0.3) is 10.0 Å². The first-order chi connectivity index (χ1) is 9.62. The third kappa shape index (κ3) is 3.81. The van der Waals surface area contributed by atoms with Gasteiger partial charge in [-0.3, -0.25) is 4.72 Å². The van der Waals surface area contributed by atoms with Crippen molar-refractivity contribution in [2.45, 2.75) is 11.3 Å². The highest BCUT2D eigenvalue weighted by Crippen LogP contribution is 2.18. The SMILES string of the molecule is O=S(=O)(Nc1nccs1)c1cccc(C#CCCO)c1. The van der Waals surface area contributed by atoms with E-state index in [1.54, 1.807) is 17.5 Å². The van der Waals surface area contributed by atoms with Crippen molar-refractivity contribution < 1.29 is 13.5 Å². The Labute approximate surface area is 121 Å². The maximum Gasteiger partial charge on any atom is 0.263 e. The van der Waals surface area contributed by atoms with Gasteiger partial charge in [0.2, 0.25) is 0 Å². The molecule has 0 amide bonds. The van der Waals surface area contributed by atoms with Crippen LogP contribution in [0.2, 0.25) is 0 Å². The lowest BCUT2D eigenvalue weighted by Crippen LogP contribution is -2.12. The van der Waals surface area contributed by atoms with Crippen molar-refractivity contribution in [1.29, 1.82) is 0 Å². The summed E-state index contributed by atoms with van der Waals surface area (Å²) in [5, 5.41) is 10.7. The summed E-state index contributed by atoms with van der Waals surface area (Å²) >= 11 is 1.21. The summed E-state index contributed by atoms with van der Waals surface area (Å²) in [7, 11) is -3.66. The van der Waals surface area contributed by atoms with Crippen LogP contribution in [-0.2, 0) is 10.0 Å². The van der Waals surface area contributed by atoms with Gasteiger partial charge in [-0.25, -0.2) is 13.4 Å². The van der Waals surface area contributed by atoms with Gasteiger partial charge in [-0.15, -0.1) is 11.3 Å². The van der Waals surface area contributed by atoms with Crippen molar-refractivity contribution in [3.63, 3.8) is 0 Å². The molecule has 1 heterocycles. The Morgan fingerprint density at radius 2 is 2.25 bits per heavy atom. The van der Waals surface area contributed by atoms with E-state index in [0.717, 1.165) is 0 Å². The minimum atomic E-state index is -3.66. The number of anilines is 1. The second kappa shape index (κ2) is 6.52. The molecule has 2 N–H and O–H groups in total. The van der Waals surface area contributed by atoms with Crippen molar-refractivity contribution in [3.05, 3.63) is 41.4 Å². The van der Waals surface area contributed by atoms with Gasteiger partial charge in [-0.05, 0) is 18.2 Å². The Morgan fingerprint density at radius 3 is 2.95 bits per heavy atom. The van der Waals surface area contributed by atoms with Gasteiger partial charge in [-0.1, -0.05) is 17.9 Å². The van der Waals surface area contributed by atoms with Gasteiger partial charge in [0.1, 0.15) is 0 Å². The molecule has 0 aliphatic rings. The van der Waals surface area contributed by atoms with Gasteiger partial charge in [-0.2, -0.15) is 0 Å². The normalized spacial score (nSPS) is 10.7. The molecule has 7 heteroatoms. The number of nitrogens with zero attached hydrogens (tertiary/aromatic N) is 1. The quantitative estimate of drug-likeness (QED) is 0.842. The number of aromatic nitrogens is 1. The maximum absolute atomic E-state index is 12.1. The molecule has 104 valence electrons. The smallest absolute Gasteiger partial charge is 0.263 e. The van der Waals surface area contributed by atoms with E-state index in [1.165, 1.54) is 29.7 Å². The summed E-state index contributed by atoms with van der Waals surface area (Å²) in [6.07, 6.45) is 1.88. The summed E-state index contributed by atoms with van der Waals surface area (Å²) < 4.78 is 26.7. The zero-order chi connectivity index (χ0) is 14.4. The molecule has 1 aromatic carbocycles. The highest BCUT2D eigenvalue weighted by molar-refractivity contribution is 7.93. The molecule has 0 aliphatic heterocycles. The molecule has 0 aliphatic carbocycles. The molecule has 1 aromatic heterocycles. The number of hydrogen-bond donors (Lipinski definition) is 2. The fourth-order valence-electron chi connectivity index (χ4n) is 1.41. The topological polar surface area (TPSA) is 79.3 Å². The van der Waals surface area contributed by atoms with E-state index in [4.69, 9.17) is 5.11 Å². The van der Waals surface area contributed by atoms with Gasteiger partial charge < -0.3 is 5.11 Å². The standard InChI is InChI=1S/C13H12N2O3S2/c16-8-2-1-4-11-5-3-6-12(10-11)20(17,18)15-13-14-7-9-19-13/h3,5-7,9-10,16H,2,8H2,(H,14,15). The second-order valence-corrected chi connectivity index (χ2v) is 6.32. The Bertz CT molecular complexity index is 728. The predicted molar refractivity (Wildman–Crippen MR) is 77.9 cm³/mol. The Hall–Kier alpha value is -1.88. The zero-order valence-electron chi connectivity index (χ0n) is 10.4. The van der Waals surface area contributed by atoms with E-state index in [2.05, 4.69) is 21.5 Å². The third-order valence-electron chi connectivity index (χ3n) is 2.27. The number of aliphatic hydroxyl groups excluding tert-OH is 1. The van der Waals surface area contributed by atoms with Crippen molar-refractivity contribution >= 4 is 26.5 Å². The van der Waals surface area contributed by atoms with Crippen molar-refractivity contribution in [2.75, 3.05) is 11.3 Å². The molecule has 0 unspecified atom stereocenters. The van der Waals surface area contributed by atoms with E-state index in [9.17, 15) is 8.42 Å². The minimum absolute atomic E-state index is 0.0173. The van der Waals surface area contributed by atoms with Gasteiger partial charge in [0.15, 0.2) is 5.13 Å². The summed E-state index contributed by atoms with van der Waals surface area (Å²) in [5.41, 5.74) is 0.584. The minimum Gasteiger partial charge on any atom is -0.395 e. The van der Waals surface area contributed by atoms with Crippen LogP contribution in [0.25, 0.3) is 0 Å². The van der Waals surface area contributed by atoms with Crippen LogP contribution in [-0.4, -0.2) is 25.1 Å². The fraction of sp³-hybridized carbons (Fsp3) is 0.154. The summed E-state index contributed by atoms with van der Waals surface area (Å²) in [5.74, 6) is 5.55. The lowest BCUT2D eigenvalue weighted by Gasteiger charge is -2.05. The van der Waals surface area contributed by atoms with Crippen LogP contribution >= 0.6 is 11.3 Å². The molecule has 2 aromatic rings. The molecule has 0 radical (unpaired) electrons. The number of rotatable bonds is 4. The molecule has 0 saturated carbocycles. The predicted octanol–water partition coefficient (Wildman–Crippen LogP) is 1.68. The van der Waals surface area contributed by atoms with Crippen LogP contribution in [0.3, 0.4) is 0 Å². The maximum atomic E-state index is 12.1. The molecule has 0 fully saturated rings. The first-order valence-electron chi connectivity index (χ1n) is 5.74. The lowest BCUT2D eigenvalue weighted by atomic mass is 10.2. The van der Waals surface area contributed by atoms with Crippen LogP contribution in [0, 0.1) is 11.8 Å². The van der Waals surface area contributed by atoms with Crippen LogP contribution in [0.1, 0.15) is 12.0 Å². The van der Waals surface area contributed by atoms with Crippen LogP contribution in [0.4, 0.5) is 5.13 Å². The van der Waals surface area contributed by atoms with Gasteiger partial charge in [0, 0.05) is 23.6 Å². The van der Waals surface area contributed by atoms with Crippen molar-refractivity contribution in [1.82, 2.24) is 4.98 Å². The van der Waals surface area contributed by atoms with Crippen molar-refractivity contribution in [3.8, 4) is 11.8 Å². The number of aliphatic hydroxyl groups is 1. The van der Waals surface area contributed by atoms with Crippen LogP contribution in [0.15, 0.2) is 40.7 Å². The average molecular weight is 308 g/mol. The molecule has 0 atom stereocenters. The Balaban J connectivity index is 2.24. The lowest BCUT2D eigenvalue weighted by molar-refractivity contribution is 0.305. The number of sulfonamides is 1. The van der Waals surface area contributed by atoms with Crippen molar-refractivity contribution in [2.24, 2.45) is 0 Å². The summed E-state index contributed by atoms with van der Waals surface area (Å²) in [4.78, 5) is 4.01. The molecule has 0 saturated heterocycles. The highest BCUT2D eigenvalue weighted by Gasteiger charge is 2.15. The molecule has 5 nitrogen and oxygen atoms in total.